The molecule has 0 bridgehead atoms. The third-order valence-corrected chi connectivity index (χ3v) is 4.24. The van der Waals surface area contributed by atoms with E-state index < -0.39 is 0 Å². The number of hydrogen-bond donors (Lipinski definition) is 0. The summed E-state index contributed by atoms with van der Waals surface area (Å²) in [6.45, 7) is 5.46. The van der Waals surface area contributed by atoms with Gasteiger partial charge < -0.3 is 4.90 Å². The van der Waals surface area contributed by atoms with E-state index >= 15 is 0 Å². The van der Waals surface area contributed by atoms with Gasteiger partial charge >= 0.3 is 0 Å². The van der Waals surface area contributed by atoms with Gasteiger partial charge in [-0.25, -0.2) is 4.68 Å². The van der Waals surface area contributed by atoms with Gasteiger partial charge in [-0.2, -0.15) is 5.10 Å². The van der Waals surface area contributed by atoms with Crippen molar-refractivity contribution in [3.05, 3.63) is 40.3 Å². The molecule has 0 aliphatic heterocycles. The second-order valence-corrected chi connectivity index (χ2v) is 6.21. The highest BCUT2D eigenvalue weighted by molar-refractivity contribution is 6.04. The molecular weight excluding hydrogens is 302 g/mol. The van der Waals surface area contributed by atoms with Gasteiger partial charge in [0.15, 0.2) is 5.69 Å². The van der Waals surface area contributed by atoms with Gasteiger partial charge in [0, 0.05) is 25.5 Å². The Morgan fingerprint density at radius 3 is 2.42 bits per heavy atom. The van der Waals surface area contributed by atoms with Crippen LogP contribution in [0.15, 0.2) is 29.1 Å². The molecule has 2 aromatic rings. The summed E-state index contributed by atoms with van der Waals surface area (Å²) in [6, 6.07) is 7.25. The fraction of sp³-hybridized carbons (Fsp3) is 0.526. The Bertz CT molecular complexity index is 752. The Hall–Kier alpha value is -2.17. The molecule has 130 valence electrons. The average molecular weight is 329 g/mol. The van der Waals surface area contributed by atoms with E-state index in [1.54, 1.807) is 24.1 Å². The molecule has 0 saturated heterocycles. The zero-order valence-corrected chi connectivity index (χ0v) is 14.9. The lowest BCUT2D eigenvalue weighted by Crippen LogP contribution is -2.32. The van der Waals surface area contributed by atoms with Crippen LogP contribution in [0.2, 0.25) is 0 Å². The quantitative estimate of drug-likeness (QED) is 0.697. The van der Waals surface area contributed by atoms with Gasteiger partial charge in [-0.1, -0.05) is 51.3 Å². The van der Waals surface area contributed by atoms with Crippen LogP contribution in [-0.4, -0.2) is 34.2 Å². The van der Waals surface area contributed by atoms with Crippen molar-refractivity contribution in [2.24, 2.45) is 0 Å². The molecule has 1 amide bonds. The fourth-order valence-electron chi connectivity index (χ4n) is 2.73. The molecule has 2 rings (SSSR count). The Balaban J connectivity index is 2.45. The number of unbranched alkanes of at least 4 members (excludes halogenated alkanes) is 3. The van der Waals surface area contributed by atoms with Crippen molar-refractivity contribution >= 4 is 16.7 Å². The minimum Gasteiger partial charge on any atom is -0.340 e. The summed E-state index contributed by atoms with van der Waals surface area (Å²) in [4.78, 5) is 27.1. The zero-order valence-electron chi connectivity index (χ0n) is 14.9. The Labute approximate surface area is 143 Å². The Morgan fingerprint density at radius 2 is 1.75 bits per heavy atom. The molecule has 0 N–H and O–H groups in total. The molecule has 0 aliphatic rings. The van der Waals surface area contributed by atoms with Crippen LogP contribution in [0.25, 0.3) is 10.8 Å². The van der Waals surface area contributed by atoms with E-state index in [1.807, 2.05) is 12.1 Å². The SMILES string of the molecule is CCCCCn1nc(C(=O)N(C)CCCC)c2ccccc2c1=O. The van der Waals surface area contributed by atoms with Crippen molar-refractivity contribution in [2.75, 3.05) is 13.6 Å². The average Bonchev–Trinajstić information content (AvgIpc) is 2.61. The maximum Gasteiger partial charge on any atom is 0.274 e. The molecule has 0 aliphatic carbocycles. The van der Waals surface area contributed by atoms with Crippen LogP contribution in [0, 0.1) is 0 Å². The van der Waals surface area contributed by atoms with Crippen LogP contribution < -0.4 is 5.56 Å². The molecule has 0 spiro atoms. The summed E-state index contributed by atoms with van der Waals surface area (Å²) in [5.41, 5.74) is 0.259. The lowest BCUT2D eigenvalue weighted by Gasteiger charge is -2.18. The highest BCUT2D eigenvalue weighted by Gasteiger charge is 2.19. The first-order chi connectivity index (χ1) is 11.6. The molecule has 0 saturated carbocycles. The van der Waals surface area contributed by atoms with E-state index in [0.717, 1.165) is 32.1 Å². The van der Waals surface area contributed by atoms with Crippen molar-refractivity contribution in [1.29, 1.82) is 0 Å². The van der Waals surface area contributed by atoms with Gasteiger partial charge in [0.25, 0.3) is 11.5 Å². The number of amides is 1. The highest BCUT2D eigenvalue weighted by atomic mass is 16.2. The van der Waals surface area contributed by atoms with Crippen molar-refractivity contribution < 1.29 is 4.79 Å². The minimum atomic E-state index is -0.121. The number of fused-ring (bicyclic) bond motifs is 1. The first-order valence-electron chi connectivity index (χ1n) is 8.85. The maximum atomic E-state index is 12.8. The van der Waals surface area contributed by atoms with Crippen molar-refractivity contribution in [3.63, 3.8) is 0 Å². The second-order valence-electron chi connectivity index (χ2n) is 6.21. The number of hydrogen-bond acceptors (Lipinski definition) is 3. The Morgan fingerprint density at radius 1 is 1.08 bits per heavy atom. The number of carbonyl (C=O) groups is 1. The third kappa shape index (κ3) is 4.02. The molecular formula is C19H27N3O2. The van der Waals surface area contributed by atoms with E-state index in [0.29, 0.717) is 29.6 Å². The third-order valence-electron chi connectivity index (χ3n) is 4.24. The summed E-state index contributed by atoms with van der Waals surface area (Å²) in [7, 11) is 1.79. The number of nitrogens with zero attached hydrogens (tertiary/aromatic N) is 3. The monoisotopic (exact) mass is 329 g/mol. The van der Waals surface area contributed by atoms with Crippen LogP contribution in [-0.2, 0) is 6.54 Å². The lowest BCUT2D eigenvalue weighted by molar-refractivity contribution is 0.0787. The van der Waals surface area contributed by atoms with Crippen LogP contribution in [0.4, 0.5) is 0 Å². The van der Waals surface area contributed by atoms with E-state index in [4.69, 9.17) is 0 Å². The summed E-state index contributed by atoms with van der Waals surface area (Å²) < 4.78 is 1.46. The predicted octanol–water partition coefficient (Wildman–Crippen LogP) is 3.46. The van der Waals surface area contributed by atoms with Crippen molar-refractivity contribution in [2.45, 2.75) is 52.5 Å². The summed E-state index contributed by atoms with van der Waals surface area (Å²) in [5.74, 6) is -0.121. The van der Waals surface area contributed by atoms with Gasteiger partial charge in [0.2, 0.25) is 0 Å². The van der Waals surface area contributed by atoms with Crippen LogP contribution in [0.3, 0.4) is 0 Å². The van der Waals surface area contributed by atoms with Crippen molar-refractivity contribution in [3.8, 4) is 0 Å². The molecule has 24 heavy (non-hydrogen) atoms. The van der Waals surface area contributed by atoms with Crippen molar-refractivity contribution in [1.82, 2.24) is 14.7 Å². The molecule has 5 heteroatoms. The smallest absolute Gasteiger partial charge is 0.274 e. The molecule has 0 radical (unpaired) electrons. The van der Waals surface area contributed by atoms with Gasteiger partial charge in [0.1, 0.15) is 0 Å². The molecule has 0 atom stereocenters. The Kier molecular flexibility index (Phi) is 6.53. The number of rotatable bonds is 8. The molecule has 5 nitrogen and oxygen atoms in total. The topological polar surface area (TPSA) is 55.2 Å². The molecule has 1 aromatic carbocycles. The molecule has 1 heterocycles. The number of benzene rings is 1. The zero-order chi connectivity index (χ0) is 17.5. The largest absolute Gasteiger partial charge is 0.340 e. The van der Waals surface area contributed by atoms with Gasteiger partial charge in [-0.15, -0.1) is 0 Å². The van der Waals surface area contributed by atoms with Crippen LogP contribution in [0.5, 0.6) is 0 Å². The van der Waals surface area contributed by atoms with Gasteiger partial charge in [0.05, 0.1) is 5.39 Å². The van der Waals surface area contributed by atoms with E-state index in [2.05, 4.69) is 18.9 Å². The molecule has 0 unspecified atom stereocenters. The van der Waals surface area contributed by atoms with E-state index in [9.17, 15) is 9.59 Å². The highest BCUT2D eigenvalue weighted by Crippen LogP contribution is 2.15. The number of aryl methyl sites for hydroxylation is 1. The fourth-order valence-corrected chi connectivity index (χ4v) is 2.73. The lowest BCUT2D eigenvalue weighted by atomic mass is 10.1. The standard InChI is InChI=1S/C19H27N3O2/c1-4-6-10-14-22-18(23)16-12-9-8-11-15(16)17(20-22)19(24)21(3)13-7-5-2/h8-9,11-12H,4-7,10,13-14H2,1-3H3. The van der Waals surface area contributed by atoms with Crippen LogP contribution in [0.1, 0.15) is 56.4 Å². The normalized spacial score (nSPS) is 11.0. The first-order valence-corrected chi connectivity index (χ1v) is 8.85. The maximum absolute atomic E-state index is 12.8. The van der Waals surface area contributed by atoms with Gasteiger partial charge in [-0.05, 0) is 18.9 Å². The van der Waals surface area contributed by atoms with Crippen LogP contribution >= 0.6 is 0 Å². The van der Waals surface area contributed by atoms with E-state index in [-0.39, 0.29) is 11.5 Å². The van der Waals surface area contributed by atoms with E-state index in [1.165, 1.54) is 4.68 Å². The second kappa shape index (κ2) is 8.62. The summed E-state index contributed by atoms with van der Waals surface area (Å²) in [5, 5.41) is 5.62. The minimum absolute atomic E-state index is 0.116. The number of carbonyl (C=O) groups excluding carboxylic acids is 1. The molecule has 0 fully saturated rings. The first kappa shape index (κ1) is 18.2. The summed E-state index contributed by atoms with van der Waals surface area (Å²) >= 11 is 0. The summed E-state index contributed by atoms with van der Waals surface area (Å²) in [6.07, 6.45) is 4.99. The number of aromatic nitrogens is 2. The molecule has 1 aromatic heterocycles. The van der Waals surface area contributed by atoms with Gasteiger partial charge in [-0.3, -0.25) is 9.59 Å². The predicted molar refractivity (Wildman–Crippen MR) is 97.4 cm³/mol.